The number of hydrogen-bond donors (Lipinski definition) is 0. The van der Waals surface area contributed by atoms with Gasteiger partial charge in [-0.3, -0.25) is 9.36 Å². The summed E-state index contributed by atoms with van der Waals surface area (Å²) in [6, 6.07) is 0. The Bertz CT molecular complexity index is 1030. The van der Waals surface area contributed by atoms with E-state index in [4.69, 9.17) is 18.5 Å². The molecule has 0 bridgehead atoms. The van der Waals surface area contributed by atoms with Gasteiger partial charge in [0.05, 0.1) is 34.4 Å². The second kappa shape index (κ2) is 45.5. The number of unbranched alkanes of at least 4 members (excludes halogenated alkanes) is 31. The molecule has 2 atom stereocenters. The van der Waals surface area contributed by atoms with Crippen LogP contribution in [0.3, 0.4) is 0 Å². The highest BCUT2D eigenvalue weighted by Crippen LogP contribution is 2.38. The standard InChI is InChI=1S/C52H102NO7P/c1-6-8-10-12-14-16-18-20-21-22-23-24-25-26-27-28-29-30-31-32-34-36-38-40-42-44-47-57-49-51(50-59-61(55,56)58-48-46-53(3,4)5)60-52(54)45-43-41-39-37-35-33-19-17-15-13-11-9-7-2/h18,20,22-23,51H,6-17,19,21,24-50H2,1-5H3/b20-18-,23-22-. The number of carbonyl (C=O) groups excluding carboxylic acids is 1. The summed E-state index contributed by atoms with van der Waals surface area (Å²) in [5, 5.41) is 0. The molecule has 0 N–H and O–H groups in total. The van der Waals surface area contributed by atoms with Crippen molar-refractivity contribution < 1.29 is 37.3 Å². The van der Waals surface area contributed by atoms with Crippen LogP contribution in [0.5, 0.6) is 0 Å². The average molecular weight is 884 g/mol. The highest BCUT2D eigenvalue weighted by molar-refractivity contribution is 7.45. The summed E-state index contributed by atoms with van der Waals surface area (Å²) >= 11 is 0. The molecule has 0 aliphatic heterocycles. The maximum absolute atomic E-state index is 12.7. The van der Waals surface area contributed by atoms with E-state index in [2.05, 4.69) is 38.2 Å². The SMILES string of the molecule is CCCCCCC/C=C\C/C=C\CCCCCCCCCCCCCCCCOCC(COP(=O)([O-])OCC[N+](C)(C)C)OC(=O)CCCCCCCCCCCCCCC. The van der Waals surface area contributed by atoms with E-state index in [0.29, 0.717) is 24.1 Å². The van der Waals surface area contributed by atoms with Crippen LogP contribution in [-0.2, 0) is 27.9 Å². The van der Waals surface area contributed by atoms with Crippen LogP contribution < -0.4 is 4.89 Å². The van der Waals surface area contributed by atoms with Gasteiger partial charge in [-0.25, -0.2) is 0 Å². The molecule has 61 heavy (non-hydrogen) atoms. The molecule has 0 heterocycles. The quantitative estimate of drug-likeness (QED) is 0.0197. The molecule has 8 nitrogen and oxygen atoms in total. The van der Waals surface area contributed by atoms with Crippen molar-refractivity contribution in [2.45, 2.75) is 251 Å². The Hall–Kier alpha value is -1.02. The summed E-state index contributed by atoms with van der Waals surface area (Å²) in [6.07, 6.45) is 53.5. The Morgan fingerprint density at radius 2 is 0.902 bits per heavy atom. The Morgan fingerprint density at radius 3 is 1.33 bits per heavy atom. The molecule has 0 radical (unpaired) electrons. The first-order chi connectivity index (χ1) is 29.6. The molecule has 0 fully saturated rings. The molecular weight excluding hydrogens is 782 g/mol. The van der Waals surface area contributed by atoms with E-state index >= 15 is 0 Å². The second-order valence-electron chi connectivity index (χ2n) is 18.9. The fourth-order valence-electron chi connectivity index (χ4n) is 7.46. The molecule has 0 aliphatic carbocycles. The van der Waals surface area contributed by atoms with Crippen LogP contribution >= 0.6 is 7.82 Å². The van der Waals surface area contributed by atoms with Crippen molar-refractivity contribution in [2.75, 3.05) is 54.1 Å². The van der Waals surface area contributed by atoms with Crippen molar-refractivity contribution in [3.63, 3.8) is 0 Å². The smallest absolute Gasteiger partial charge is 0.306 e. The lowest BCUT2D eigenvalue weighted by atomic mass is 10.0. The van der Waals surface area contributed by atoms with Crippen molar-refractivity contribution in [1.29, 1.82) is 0 Å². The first-order valence-electron chi connectivity index (χ1n) is 26.1. The summed E-state index contributed by atoms with van der Waals surface area (Å²) in [6.45, 7) is 5.44. The Kier molecular flexibility index (Phi) is 44.8. The molecule has 0 aliphatic rings. The van der Waals surface area contributed by atoms with Gasteiger partial charge < -0.3 is 27.9 Å². The van der Waals surface area contributed by atoms with Gasteiger partial charge in [0.2, 0.25) is 0 Å². The number of esters is 1. The topological polar surface area (TPSA) is 94.1 Å². The molecule has 2 unspecified atom stereocenters. The van der Waals surface area contributed by atoms with Crippen molar-refractivity contribution >= 4 is 13.8 Å². The summed E-state index contributed by atoms with van der Waals surface area (Å²) < 4.78 is 34.7. The highest BCUT2D eigenvalue weighted by Gasteiger charge is 2.20. The highest BCUT2D eigenvalue weighted by atomic mass is 31.2. The van der Waals surface area contributed by atoms with Gasteiger partial charge in [-0.15, -0.1) is 0 Å². The maximum atomic E-state index is 12.7. The lowest BCUT2D eigenvalue weighted by molar-refractivity contribution is -0.870. The Morgan fingerprint density at radius 1 is 0.508 bits per heavy atom. The zero-order valence-corrected chi connectivity index (χ0v) is 42.0. The van der Waals surface area contributed by atoms with Gasteiger partial charge in [0, 0.05) is 13.0 Å². The van der Waals surface area contributed by atoms with E-state index in [1.807, 2.05) is 21.1 Å². The van der Waals surface area contributed by atoms with Gasteiger partial charge in [-0.2, -0.15) is 0 Å². The average Bonchev–Trinajstić information content (AvgIpc) is 3.22. The minimum absolute atomic E-state index is 0.0289. The van der Waals surface area contributed by atoms with Crippen LogP contribution in [0.1, 0.15) is 245 Å². The van der Waals surface area contributed by atoms with E-state index in [1.54, 1.807) is 0 Å². The second-order valence-corrected chi connectivity index (χ2v) is 20.3. The van der Waals surface area contributed by atoms with E-state index in [-0.39, 0.29) is 25.8 Å². The Labute approximate surface area is 379 Å². The van der Waals surface area contributed by atoms with Crippen molar-refractivity contribution in [2.24, 2.45) is 0 Å². The molecule has 0 rings (SSSR count). The van der Waals surface area contributed by atoms with Gasteiger partial charge in [-0.1, -0.05) is 218 Å². The third-order valence-electron chi connectivity index (χ3n) is 11.5. The number of rotatable bonds is 49. The first-order valence-corrected chi connectivity index (χ1v) is 27.5. The molecule has 0 amide bonds. The molecule has 0 aromatic rings. The van der Waals surface area contributed by atoms with Crippen LogP contribution in [0.15, 0.2) is 24.3 Å². The summed E-state index contributed by atoms with van der Waals surface area (Å²) in [5.74, 6) is -0.330. The van der Waals surface area contributed by atoms with Gasteiger partial charge >= 0.3 is 5.97 Å². The number of quaternary nitrogens is 1. The minimum Gasteiger partial charge on any atom is -0.756 e. The molecule has 0 aromatic heterocycles. The molecule has 0 saturated heterocycles. The van der Waals surface area contributed by atoms with Crippen LogP contribution in [-0.4, -0.2) is 70.7 Å². The van der Waals surface area contributed by atoms with E-state index < -0.39 is 13.9 Å². The number of ether oxygens (including phenoxy) is 2. The largest absolute Gasteiger partial charge is 0.756 e. The zero-order valence-electron chi connectivity index (χ0n) is 41.1. The number of carbonyl (C=O) groups is 1. The summed E-state index contributed by atoms with van der Waals surface area (Å²) in [5.41, 5.74) is 0. The lowest BCUT2D eigenvalue weighted by Crippen LogP contribution is -2.37. The number of phosphoric ester groups is 1. The van der Waals surface area contributed by atoms with E-state index in [9.17, 15) is 14.3 Å². The lowest BCUT2D eigenvalue weighted by Gasteiger charge is -2.28. The van der Waals surface area contributed by atoms with Gasteiger partial charge in [0.15, 0.2) is 0 Å². The number of hydrogen-bond acceptors (Lipinski definition) is 7. The first kappa shape index (κ1) is 60.0. The molecule has 362 valence electrons. The predicted molar refractivity (Wildman–Crippen MR) is 259 cm³/mol. The summed E-state index contributed by atoms with van der Waals surface area (Å²) in [7, 11) is 1.37. The number of likely N-dealkylation sites (N-methyl/N-ethyl adjacent to an activating group) is 1. The van der Waals surface area contributed by atoms with E-state index in [0.717, 1.165) is 38.5 Å². The molecule has 0 spiro atoms. The van der Waals surface area contributed by atoms with E-state index in [1.165, 1.54) is 186 Å². The van der Waals surface area contributed by atoms with Crippen LogP contribution in [0.2, 0.25) is 0 Å². The van der Waals surface area contributed by atoms with Gasteiger partial charge in [-0.05, 0) is 44.9 Å². The fraction of sp³-hybridized carbons (Fsp3) is 0.904. The van der Waals surface area contributed by atoms with Crippen molar-refractivity contribution in [3.8, 4) is 0 Å². The normalized spacial score (nSPS) is 13.7. The Balaban J connectivity index is 4.02. The number of allylic oxidation sites excluding steroid dienone is 4. The van der Waals surface area contributed by atoms with Crippen LogP contribution in [0, 0.1) is 0 Å². The van der Waals surface area contributed by atoms with Crippen LogP contribution in [0.4, 0.5) is 0 Å². The van der Waals surface area contributed by atoms with Crippen molar-refractivity contribution in [1.82, 2.24) is 0 Å². The zero-order chi connectivity index (χ0) is 44.8. The monoisotopic (exact) mass is 884 g/mol. The molecule has 0 aromatic carbocycles. The van der Waals surface area contributed by atoms with Crippen LogP contribution in [0.25, 0.3) is 0 Å². The predicted octanol–water partition coefficient (Wildman–Crippen LogP) is 15.3. The van der Waals surface area contributed by atoms with Gasteiger partial charge in [0.1, 0.15) is 19.3 Å². The fourth-order valence-corrected chi connectivity index (χ4v) is 8.19. The third-order valence-corrected chi connectivity index (χ3v) is 12.5. The molecule has 9 heteroatoms. The van der Waals surface area contributed by atoms with Gasteiger partial charge in [0.25, 0.3) is 7.82 Å². The summed E-state index contributed by atoms with van der Waals surface area (Å²) in [4.78, 5) is 25.1. The molecular formula is C52H102NO7P. The number of nitrogens with zero attached hydrogens (tertiary/aromatic N) is 1. The van der Waals surface area contributed by atoms with Crippen molar-refractivity contribution in [3.05, 3.63) is 24.3 Å². The minimum atomic E-state index is -4.52. The maximum Gasteiger partial charge on any atom is 0.306 e. The third kappa shape index (κ3) is 49.8. The molecule has 0 saturated carbocycles. The number of phosphoric acid groups is 1.